The van der Waals surface area contributed by atoms with Crippen molar-refractivity contribution in [2.75, 3.05) is 42.9 Å². The molecule has 218 valence electrons. The highest BCUT2D eigenvalue weighted by Gasteiger charge is 2.36. The van der Waals surface area contributed by atoms with E-state index in [9.17, 15) is 9.59 Å². The van der Waals surface area contributed by atoms with Gasteiger partial charge in [0.1, 0.15) is 5.82 Å². The number of likely N-dealkylation sites (tertiary alicyclic amines) is 1. The number of amides is 3. The summed E-state index contributed by atoms with van der Waals surface area (Å²) >= 11 is 0. The Kier molecular flexibility index (Phi) is 7.65. The molecule has 0 saturated carbocycles. The van der Waals surface area contributed by atoms with Gasteiger partial charge in [0, 0.05) is 44.0 Å². The number of rotatable bonds is 6. The quantitative estimate of drug-likeness (QED) is 0.458. The van der Waals surface area contributed by atoms with Crippen molar-refractivity contribution >= 4 is 34.7 Å². The molecule has 3 aliphatic heterocycles. The molecule has 1 aromatic carbocycles. The first kappa shape index (κ1) is 27.3. The summed E-state index contributed by atoms with van der Waals surface area (Å²) in [6, 6.07) is 7.43. The number of ether oxygens (including phenoxy) is 2. The zero-order chi connectivity index (χ0) is 28.5. The molecule has 3 fully saturated rings. The van der Waals surface area contributed by atoms with E-state index in [0.717, 1.165) is 61.2 Å². The zero-order valence-corrected chi connectivity index (χ0v) is 23.9. The number of piperidine rings is 1. The maximum Gasteiger partial charge on any atom is 0.410 e. The van der Waals surface area contributed by atoms with E-state index in [4.69, 9.17) is 24.5 Å². The van der Waals surface area contributed by atoms with Crippen LogP contribution in [0.5, 0.6) is 0 Å². The second kappa shape index (κ2) is 11.5. The zero-order valence-electron chi connectivity index (χ0n) is 23.9. The van der Waals surface area contributed by atoms with Gasteiger partial charge in [-0.2, -0.15) is 5.10 Å². The third-order valence-corrected chi connectivity index (χ3v) is 7.92. The highest BCUT2D eigenvalue weighted by atomic mass is 16.6. The van der Waals surface area contributed by atoms with Crippen molar-refractivity contribution in [2.24, 2.45) is 0 Å². The van der Waals surface area contributed by atoms with Crippen molar-refractivity contribution in [2.45, 2.75) is 70.8 Å². The summed E-state index contributed by atoms with van der Waals surface area (Å²) in [6.45, 7) is 8.95. The summed E-state index contributed by atoms with van der Waals surface area (Å²) < 4.78 is 13.5. The summed E-state index contributed by atoms with van der Waals surface area (Å²) in [4.78, 5) is 38.6. The van der Waals surface area contributed by atoms with Crippen LogP contribution in [-0.2, 0) is 9.47 Å². The van der Waals surface area contributed by atoms with Gasteiger partial charge >= 0.3 is 12.1 Å². The summed E-state index contributed by atoms with van der Waals surface area (Å²) in [5, 5.41) is 11.3. The predicted molar refractivity (Wildman–Crippen MR) is 155 cm³/mol. The van der Waals surface area contributed by atoms with Gasteiger partial charge in [0.2, 0.25) is 0 Å². The van der Waals surface area contributed by atoms with Crippen LogP contribution in [0.4, 0.5) is 21.1 Å². The van der Waals surface area contributed by atoms with Crippen LogP contribution < -0.4 is 15.5 Å². The summed E-state index contributed by atoms with van der Waals surface area (Å²) in [6.07, 6.45) is 5.57. The Morgan fingerprint density at radius 3 is 2.41 bits per heavy atom. The molecule has 3 aromatic rings. The maximum atomic E-state index is 12.4. The average Bonchev–Trinajstić information content (AvgIpc) is 3.54. The molecule has 12 heteroatoms. The highest BCUT2D eigenvalue weighted by Crippen LogP contribution is 2.35. The number of urea groups is 1. The predicted octanol–water partition coefficient (Wildman–Crippen LogP) is 4.18. The number of morpholine rings is 1. The van der Waals surface area contributed by atoms with Gasteiger partial charge in [0.15, 0.2) is 11.5 Å². The smallest absolute Gasteiger partial charge is 0.410 e. The van der Waals surface area contributed by atoms with E-state index in [1.807, 2.05) is 55.9 Å². The van der Waals surface area contributed by atoms with Crippen LogP contribution >= 0.6 is 0 Å². The van der Waals surface area contributed by atoms with Crippen molar-refractivity contribution in [1.29, 1.82) is 0 Å². The Morgan fingerprint density at radius 1 is 1.05 bits per heavy atom. The van der Waals surface area contributed by atoms with Gasteiger partial charge < -0.3 is 29.9 Å². The number of hydrogen-bond acceptors (Lipinski definition) is 8. The lowest BCUT2D eigenvalue weighted by Crippen LogP contribution is -2.43. The SMILES string of the molecule is CCNC(=O)Nc1ccc(-c2nc(N3CC4CCC(C3)O4)c3cnn(C4CCN(C(=O)OC(C)C)CC4)c3n2)cc1. The van der Waals surface area contributed by atoms with Crippen molar-refractivity contribution in [1.82, 2.24) is 30.0 Å². The van der Waals surface area contributed by atoms with Gasteiger partial charge in [-0.15, -0.1) is 0 Å². The molecule has 3 amide bonds. The molecule has 41 heavy (non-hydrogen) atoms. The van der Waals surface area contributed by atoms with Gasteiger partial charge in [-0.05, 0) is 70.7 Å². The largest absolute Gasteiger partial charge is 0.447 e. The first-order valence-corrected chi connectivity index (χ1v) is 14.6. The molecule has 12 nitrogen and oxygen atoms in total. The topological polar surface area (TPSA) is 127 Å². The molecular formula is C29H38N8O4. The van der Waals surface area contributed by atoms with Crippen molar-refractivity contribution in [3.8, 4) is 11.4 Å². The second-order valence-corrected chi connectivity index (χ2v) is 11.3. The molecule has 6 rings (SSSR count). The number of carbonyl (C=O) groups excluding carboxylic acids is 2. The number of anilines is 2. The highest BCUT2D eigenvalue weighted by molar-refractivity contribution is 5.90. The van der Waals surface area contributed by atoms with Crippen molar-refractivity contribution in [3.05, 3.63) is 30.5 Å². The number of hydrogen-bond donors (Lipinski definition) is 2. The van der Waals surface area contributed by atoms with Crippen LogP contribution in [0.1, 0.15) is 52.5 Å². The number of nitrogens with one attached hydrogen (secondary N) is 2. The van der Waals surface area contributed by atoms with Crippen LogP contribution in [-0.4, -0.2) is 87.8 Å². The van der Waals surface area contributed by atoms with Crippen LogP contribution in [0.3, 0.4) is 0 Å². The van der Waals surface area contributed by atoms with Gasteiger partial charge in [-0.1, -0.05) is 0 Å². The lowest BCUT2D eigenvalue weighted by atomic mass is 10.1. The molecule has 3 aliphatic rings. The molecule has 3 saturated heterocycles. The lowest BCUT2D eigenvalue weighted by molar-refractivity contribution is 0.0303. The minimum absolute atomic E-state index is 0.107. The Morgan fingerprint density at radius 2 is 1.76 bits per heavy atom. The van der Waals surface area contributed by atoms with Gasteiger partial charge in [-0.3, -0.25) is 0 Å². The second-order valence-electron chi connectivity index (χ2n) is 11.3. The van der Waals surface area contributed by atoms with Gasteiger partial charge in [-0.25, -0.2) is 24.2 Å². The monoisotopic (exact) mass is 562 g/mol. The molecule has 2 atom stereocenters. The van der Waals surface area contributed by atoms with E-state index in [2.05, 4.69) is 15.5 Å². The van der Waals surface area contributed by atoms with E-state index in [1.54, 1.807) is 4.90 Å². The molecule has 0 aliphatic carbocycles. The molecular weight excluding hydrogens is 524 g/mol. The fourth-order valence-corrected chi connectivity index (χ4v) is 5.94. The summed E-state index contributed by atoms with van der Waals surface area (Å²) in [5.74, 6) is 1.48. The minimum Gasteiger partial charge on any atom is -0.447 e. The number of aromatic nitrogens is 4. The number of fused-ring (bicyclic) bond motifs is 3. The third kappa shape index (κ3) is 5.79. The third-order valence-electron chi connectivity index (χ3n) is 7.92. The van der Waals surface area contributed by atoms with Gasteiger partial charge in [0.25, 0.3) is 0 Å². The molecule has 2 aromatic heterocycles. The summed E-state index contributed by atoms with van der Waals surface area (Å²) in [5.41, 5.74) is 2.33. The fraction of sp³-hybridized carbons (Fsp3) is 0.552. The van der Waals surface area contributed by atoms with E-state index in [-0.39, 0.29) is 36.5 Å². The molecule has 5 heterocycles. The van der Waals surface area contributed by atoms with Gasteiger partial charge in [0.05, 0.1) is 35.9 Å². The van der Waals surface area contributed by atoms with E-state index in [0.29, 0.717) is 31.1 Å². The fourth-order valence-electron chi connectivity index (χ4n) is 5.94. The summed E-state index contributed by atoms with van der Waals surface area (Å²) in [7, 11) is 0. The average molecular weight is 563 g/mol. The first-order chi connectivity index (χ1) is 19.9. The van der Waals surface area contributed by atoms with Crippen molar-refractivity contribution in [3.63, 3.8) is 0 Å². The first-order valence-electron chi connectivity index (χ1n) is 14.6. The van der Waals surface area contributed by atoms with E-state index < -0.39 is 0 Å². The van der Waals surface area contributed by atoms with Crippen LogP contribution in [0, 0.1) is 0 Å². The molecule has 2 unspecified atom stereocenters. The van der Waals surface area contributed by atoms with Crippen molar-refractivity contribution < 1.29 is 19.1 Å². The van der Waals surface area contributed by atoms with Crippen LogP contribution in [0.25, 0.3) is 22.4 Å². The molecule has 2 N–H and O–H groups in total. The molecule has 0 spiro atoms. The Hall–Kier alpha value is -3.93. The number of benzene rings is 1. The molecule has 2 bridgehead atoms. The Bertz CT molecular complexity index is 1390. The number of nitrogens with zero attached hydrogens (tertiary/aromatic N) is 6. The van der Waals surface area contributed by atoms with Crippen LogP contribution in [0.15, 0.2) is 30.5 Å². The Labute approximate surface area is 239 Å². The molecule has 0 radical (unpaired) electrons. The van der Waals surface area contributed by atoms with E-state index >= 15 is 0 Å². The normalized spacial score (nSPS) is 21.0. The van der Waals surface area contributed by atoms with Crippen LogP contribution in [0.2, 0.25) is 0 Å². The van der Waals surface area contributed by atoms with E-state index in [1.165, 1.54) is 0 Å². The standard InChI is InChI=1S/C29H38N8O4/c1-4-30-28(38)32-20-7-5-19(6-8-20)25-33-26(36-16-22-9-10-23(17-36)41-22)24-15-31-37(27(24)34-25)21-11-13-35(14-12-21)29(39)40-18(2)3/h5-8,15,18,21-23H,4,9-14,16-17H2,1-3H3,(H2,30,32,38). The minimum atomic E-state index is -0.261. The Balaban J connectivity index is 1.31. The lowest BCUT2D eigenvalue weighted by Gasteiger charge is -2.33. The maximum absolute atomic E-state index is 12.4. The number of carbonyl (C=O) groups is 2.